The minimum Gasteiger partial charge on any atom is -0.399 e. The molecule has 4 heteroatoms. The maximum atomic E-state index is 5.56. The lowest BCUT2D eigenvalue weighted by atomic mass is 10.3. The van der Waals surface area contributed by atoms with E-state index < -0.39 is 0 Å². The second-order valence-corrected chi connectivity index (χ2v) is 2.89. The Morgan fingerprint density at radius 2 is 1.57 bits per heavy atom. The molecule has 0 saturated heterocycles. The van der Waals surface area contributed by atoms with E-state index in [-0.39, 0.29) is 0 Å². The van der Waals surface area contributed by atoms with Crippen LogP contribution in [0, 0.1) is 0 Å². The average molecular weight is 208 g/mol. The van der Waals surface area contributed by atoms with Crippen LogP contribution < -0.4 is 5.73 Å². The molecule has 0 aliphatic rings. The smallest absolute Gasteiger partial charge is 0.115 e. The van der Waals surface area contributed by atoms with E-state index in [2.05, 4.69) is 9.97 Å². The first-order chi connectivity index (χ1) is 6.79. The normalized spacial score (nSPS) is 8.64. The van der Waals surface area contributed by atoms with Crippen LogP contribution in [0.1, 0.15) is 0 Å². The lowest BCUT2D eigenvalue weighted by Gasteiger charge is -1.88. The first-order valence-electron chi connectivity index (χ1n) is 4.00. The lowest BCUT2D eigenvalue weighted by Crippen LogP contribution is -1.80. The highest BCUT2D eigenvalue weighted by molar-refractivity contribution is 6.30. The SMILES string of the molecule is Nc1ccc(Cl)cc1.c1cncnc1. The molecule has 0 radical (unpaired) electrons. The van der Waals surface area contributed by atoms with Crippen LogP contribution in [0.25, 0.3) is 0 Å². The van der Waals surface area contributed by atoms with Crippen LogP contribution in [0.4, 0.5) is 5.69 Å². The van der Waals surface area contributed by atoms with Gasteiger partial charge in [-0.1, -0.05) is 11.6 Å². The van der Waals surface area contributed by atoms with Crippen molar-refractivity contribution in [1.29, 1.82) is 0 Å². The van der Waals surface area contributed by atoms with Crippen LogP contribution >= 0.6 is 11.6 Å². The number of halogens is 1. The van der Waals surface area contributed by atoms with Crippen molar-refractivity contribution >= 4 is 17.3 Å². The maximum absolute atomic E-state index is 5.56. The standard InChI is InChI=1S/C6H6ClN.C4H4N2/c7-5-1-3-6(8)4-2-5;1-2-5-4-6-3-1/h1-4H,8H2;1-4H. The molecule has 0 spiro atoms. The molecule has 0 atom stereocenters. The zero-order chi connectivity index (χ0) is 10.2. The van der Waals surface area contributed by atoms with Crippen molar-refractivity contribution in [3.63, 3.8) is 0 Å². The molecule has 14 heavy (non-hydrogen) atoms. The van der Waals surface area contributed by atoms with E-state index in [1.165, 1.54) is 6.33 Å². The zero-order valence-corrected chi connectivity index (χ0v) is 8.22. The summed E-state index contributed by atoms with van der Waals surface area (Å²) in [7, 11) is 0. The summed E-state index contributed by atoms with van der Waals surface area (Å²) in [5.41, 5.74) is 6.11. The summed E-state index contributed by atoms with van der Waals surface area (Å²) in [5.74, 6) is 0. The number of hydrogen-bond acceptors (Lipinski definition) is 3. The number of anilines is 1. The van der Waals surface area contributed by atoms with Crippen LogP contribution in [0.3, 0.4) is 0 Å². The molecule has 0 aliphatic carbocycles. The number of benzene rings is 1. The third-order valence-corrected chi connectivity index (χ3v) is 1.60. The summed E-state index contributed by atoms with van der Waals surface area (Å²) in [4.78, 5) is 7.35. The van der Waals surface area contributed by atoms with Gasteiger partial charge in [0.15, 0.2) is 0 Å². The van der Waals surface area contributed by atoms with Crippen molar-refractivity contribution < 1.29 is 0 Å². The van der Waals surface area contributed by atoms with Crippen molar-refractivity contribution in [3.8, 4) is 0 Å². The Kier molecular flexibility index (Phi) is 4.44. The van der Waals surface area contributed by atoms with Crippen molar-refractivity contribution in [1.82, 2.24) is 9.97 Å². The molecule has 0 saturated carbocycles. The van der Waals surface area contributed by atoms with Gasteiger partial charge >= 0.3 is 0 Å². The molecule has 72 valence electrons. The van der Waals surface area contributed by atoms with Crippen molar-refractivity contribution in [3.05, 3.63) is 54.1 Å². The van der Waals surface area contributed by atoms with E-state index >= 15 is 0 Å². The number of nitrogen functional groups attached to an aromatic ring is 1. The Labute approximate surface area is 87.6 Å². The molecule has 2 N–H and O–H groups in total. The number of aromatic nitrogens is 2. The predicted octanol–water partition coefficient (Wildman–Crippen LogP) is 2.40. The quantitative estimate of drug-likeness (QED) is 0.675. The number of rotatable bonds is 0. The molecule has 1 aromatic heterocycles. The first-order valence-corrected chi connectivity index (χ1v) is 4.38. The van der Waals surface area contributed by atoms with Crippen molar-refractivity contribution in [2.45, 2.75) is 0 Å². The highest BCUT2D eigenvalue weighted by Gasteiger charge is 1.82. The average Bonchev–Trinajstić information content (AvgIpc) is 2.26. The van der Waals surface area contributed by atoms with E-state index in [1.54, 1.807) is 42.7 Å². The molecule has 0 fully saturated rings. The molecule has 2 rings (SSSR count). The van der Waals surface area contributed by atoms with Gasteiger partial charge in [0.1, 0.15) is 6.33 Å². The fourth-order valence-electron chi connectivity index (χ4n) is 0.716. The minimum absolute atomic E-state index is 0.721. The van der Waals surface area contributed by atoms with Gasteiger partial charge in [-0.2, -0.15) is 0 Å². The molecule has 1 heterocycles. The first kappa shape index (κ1) is 10.5. The van der Waals surface area contributed by atoms with Gasteiger partial charge in [-0.15, -0.1) is 0 Å². The van der Waals surface area contributed by atoms with Gasteiger partial charge in [-0.05, 0) is 30.3 Å². The molecule has 3 nitrogen and oxygen atoms in total. The topological polar surface area (TPSA) is 51.8 Å². The summed E-state index contributed by atoms with van der Waals surface area (Å²) in [6, 6.07) is 8.83. The fourth-order valence-corrected chi connectivity index (χ4v) is 0.842. The summed E-state index contributed by atoms with van der Waals surface area (Å²) in [5, 5.41) is 0.721. The van der Waals surface area contributed by atoms with Gasteiger partial charge < -0.3 is 5.73 Å². The van der Waals surface area contributed by atoms with E-state index in [0.29, 0.717) is 0 Å². The van der Waals surface area contributed by atoms with E-state index in [0.717, 1.165) is 10.7 Å². The summed E-state index contributed by atoms with van der Waals surface area (Å²) >= 11 is 5.56. The largest absolute Gasteiger partial charge is 0.399 e. The van der Waals surface area contributed by atoms with Crippen LogP contribution in [-0.2, 0) is 0 Å². The molecular formula is C10H10ClN3. The molecule has 0 bridgehead atoms. The zero-order valence-electron chi connectivity index (χ0n) is 7.47. The molecule has 0 unspecified atom stereocenters. The Balaban J connectivity index is 0.000000146. The molecule has 1 aromatic carbocycles. The molecule has 0 amide bonds. The highest BCUT2D eigenvalue weighted by atomic mass is 35.5. The van der Waals surface area contributed by atoms with Gasteiger partial charge in [0, 0.05) is 23.1 Å². The van der Waals surface area contributed by atoms with E-state index in [1.807, 2.05) is 0 Å². The maximum Gasteiger partial charge on any atom is 0.115 e. The second kappa shape index (κ2) is 5.94. The van der Waals surface area contributed by atoms with Gasteiger partial charge in [-0.3, -0.25) is 0 Å². The van der Waals surface area contributed by atoms with Crippen LogP contribution in [0.5, 0.6) is 0 Å². The third kappa shape index (κ3) is 4.42. The summed E-state index contributed by atoms with van der Waals surface area (Å²) < 4.78 is 0. The van der Waals surface area contributed by atoms with E-state index in [4.69, 9.17) is 17.3 Å². The number of nitrogens with zero attached hydrogens (tertiary/aromatic N) is 2. The molecule has 2 aromatic rings. The Morgan fingerprint density at radius 1 is 1.00 bits per heavy atom. The van der Waals surface area contributed by atoms with Crippen LogP contribution in [0.15, 0.2) is 49.1 Å². The Bertz CT molecular complexity index is 300. The van der Waals surface area contributed by atoms with Crippen LogP contribution in [0.2, 0.25) is 5.02 Å². The van der Waals surface area contributed by atoms with Crippen LogP contribution in [-0.4, -0.2) is 9.97 Å². The number of nitrogens with two attached hydrogens (primary N) is 1. The van der Waals surface area contributed by atoms with Gasteiger partial charge in [0.25, 0.3) is 0 Å². The summed E-state index contributed by atoms with van der Waals surface area (Å²) in [6.07, 6.45) is 4.88. The fraction of sp³-hybridized carbons (Fsp3) is 0. The van der Waals surface area contributed by atoms with Gasteiger partial charge in [0.05, 0.1) is 0 Å². The lowest BCUT2D eigenvalue weighted by molar-refractivity contribution is 1.17. The number of hydrogen-bond donors (Lipinski definition) is 1. The van der Waals surface area contributed by atoms with Gasteiger partial charge in [0.2, 0.25) is 0 Å². The monoisotopic (exact) mass is 207 g/mol. The van der Waals surface area contributed by atoms with Crippen molar-refractivity contribution in [2.24, 2.45) is 0 Å². The highest BCUT2D eigenvalue weighted by Crippen LogP contribution is 2.09. The minimum atomic E-state index is 0.721. The Morgan fingerprint density at radius 3 is 1.86 bits per heavy atom. The van der Waals surface area contributed by atoms with E-state index in [9.17, 15) is 0 Å². The van der Waals surface area contributed by atoms with Crippen molar-refractivity contribution in [2.75, 3.05) is 5.73 Å². The van der Waals surface area contributed by atoms with Gasteiger partial charge in [-0.25, -0.2) is 9.97 Å². The predicted molar refractivity (Wildman–Crippen MR) is 57.9 cm³/mol. The Hall–Kier alpha value is -1.61. The molecule has 0 aliphatic heterocycles. The summed E-state index contributed by atoms with van der Waals surface area (Å²) in [6.45, 7) is 0. The second-order valence-electron chi connectivity index (χ2n) is 2.46. The molecular weight excluding hydrogens is 198 g/mol. The third-order valence-electron chi connectivity index (χ3n) is 1.35.